The summed E-state index contributed by atoms with van der Waals surface area (Å²) in [6.07, 6.45) is 1.91. The van der Waals surface area contributed by atoms with Gasteiger partial charge in [-0.05, 0) is 55.6 Å². The number of benzene rings is 2. The Morgan fingerprint density at radius 1 is 1.17 bits per heavy atom. The van der Waals surface area contributed by atoms with E-state index in [1.165, 1.54) is 5.56 Å². The van der Waals surface area contributed by atoms with Gasteiger partial charge in [-0.1, -0.05) is 19.1 Å². The number of likely N-dealkylation sites (N-methyl/N-ethyl adjacent to an activating group) is 1. The van der Waals surface area contributed by atoms with Crippen molar-refractivity contribution in [3.8, 4) is 5.75 Å². The number of fused-ring (bicyclic) bond motifs is 2. The van der Waals surface area contributed by atoms with Crippen LogP contribution in [0.15, 0.2) is 51.7 Å². The minimum atomic E-state index is -0.360. The van der Waals surface area contributed by atoms with Crippen LogP contribution in [0.25, 0.3) is 11.1 Å². The maximum atomic E-state index is 12.9. The van der Waals surface area contributed by atoms with E-state index in [1.807, 2.05) is 31.2 Å². The quantitative estimate of drug-likeness (QED) is 0.561. The molecule has 1 N–H and O–H groups in total. The monoisotopic (exact) mass is 478 g/mol. The van der Waals surface area contributed by atoms with E-state index in [0.717, 1.165) is 43.7 Å². The molecule has 2 aliphatic rings. The summed E-state index contributed by atoms with van der Waals surface area (Å²) in [5.41, 5.74) is 3.23. The topological polar surface area (TPSA) is 80.0 Å². The molecule has 186 valence electrons. The number of methoxy groups -OCH3 is 1. The van der Waals surface area contributed by atoms with Crippen LogP contribution >= 0.6 is 0 Å². The normalized spacial score (nSPS) is 22.9. The van der Waals surface area contributed by atoms with E-state index in [0.29, 0.717) is 42.2 Å². The lowest BCUT2D eigenvalue weighted by molar-refractivity contribution is -0.117. The fourth-order valence-corrected chi connectivity index (χ4v) is 5.89. The van der Waals surface area contributed by atoms with Gasteiger partial charge in [0, 0.05) is 49.9 Å². The minimum absolute atomic E-state index is 0.0505. The summed E-state index contributed by atoms with van der Waals surface area (Å²) in [6.45, 7) is 5.81. The summed E-state index contributed by atoms with van der Waals surface area (Å²) in [7, 11) is 3.90. The Balaban J connectivity index is 1.24. The number of nitrogens with one attached hydrogen (secondary N) is 1. The molecule has 3 atom stereocenters. The molecule has 8 heteroatoms. The first kappa shape index (κ1) is 23.6. The van der Waals surface area contributed by atoms with Crippen molar-refractivity contribution >= 4 is 22.7 Å². The van der Waals surface area contributed by atoms with Crippen molar-refractivity contribution < 1.29 is 13.9 Å². The molecule has 3 heterocycles. The Hall–Kier alpha value is -3.10. The van der Waals surface area contributed by atoms with Gasteiger partial charge in [-0.3, -0.25) is 14.3 Å². The van der Waals surface area contributed by atoms with E-state index in [9.17, 15) is 9.59 Å². The third-order valence-corrected chi connectivity index (χ3v) is 7.58. The van der Waals surface area contributed by atoms with Crippen LogP contribution in [0, 0.1) is 5.92 Å². The average Bonchev–Trinajstić information content (AvgIpc) is 3.34. The zero-order valence-electron chi connectivity index (χ0n) is 20.7. The van der Waals surface area contributed by atoms with E-state index >= 15 is 0 Å². The molecule has 2 fully saturated rings. The SMILES string of the molecule is CCCn1c(=O)oc2cc(NC(=O)CN3CC[C@@H]4[C@H](C3)[C@@H](c3ccc(OC)cc3)CN4C)ccc21. The number of aromatic nitrogens is 1. The largest absolute Gasteiger partial charge is 0.497 e. The zero-order chi connectivity index (χ0) is 24.5. The van der Waals surface area contributed by atoms with E-state index < -0.39 is 0 Å². The van der Waals surface area contributed by atoms with Gasteiger partial charge in [-0.2, -0.15) is 0 Å². The molecule has 0 radical (unpaired) electrons. The summed E-state index contributed by atoms with van der Waals surface area (Å²) in [5.74, 6) is 1.39. The molecule has 1 amide bonds. The van der Waals surface area contributed by atoms with E-state index in [4.69, 9.17) is 9.15 Å². The van der Waals surface area contributed by atoms with Crippen LogP contribution in [0.3, 0.4) is 0 Å². The molecule has 0 unspecified atom stereocenters. The number of hydrogen-bond donors (Lipinski definition) is 1. The number of aryl methyl sites for hydroxylation is 1. The zero-order valence-corrected chi connectivity index (χ0v) is 20.7. The first-order valence-corrected chi connectivity index (χ1v) is 12.5. The Labute approximate surface area is 205 Å². The predicted octanol–water partition coefficient (Wildman–Crippen LogP) is 3.37. The van der Waals surface area contributed by atoms with Crippen molar-refractivity contribution in [3.63, 3.8) is 0 Å². The van der Waals surface area contributed by atoms with Gasteiger partial charge in [-0.15, -0.1) is 0 Å². The van der Waals surface area contributed by atoms with Gasteiger partial charge in [0.1, 0.15) is 5.75 Å². The molecule has 5 rings (SSSR count). The number of hydrogen-bond acceptors (Lipinski definition) is 6. The summed E-state index contributed by atoms with van der Waals surface area (Å²) in [6, 6.07) is 14.4. The fraction of sp³-hybridized carbons (Fsp3) is 0.481. The molecule has 0 bridgehead atoms. The van der Waals surface area contributed by atoms with Gasteiger partial charge >= 0.3 is 5.76 Å². The first-order chi connectivity index (χ1) is 17.0. The van der Waals surface area contributed by atoms with Crippen LogP contribution < -0.4 is 15.8 Å². The molecule has 35 heavy (non-hydrogen) atoms. The van der Waals surface area contributed by atoms with Gasteiger partial charge in [-0.25, -0.2) is 4.79 Å². The predicted molar refractivity (Wildman–Crippen MR) is 136 cm³/mol. The molecule has 8 nitrogen and oxygen atoms in total. The maximum Gasteiger partial charge on any atom is 0.419 e. The van der Waals surface area contributed by atoms with E-state index in [2.05, 4.69) is 34.3 Å². The summed E-state index contributed by atoms with van der Waals surface area (Å²) in [4.78, 5) is 29.7. The fourth-order valence-electron chi connectivity index (χ4n) is 5.89. The summed E-state index contributed by atoms with van der Waals surface area (Å²) >= 11 is 0. The van der Waals surface area contributed by atoms with E-state index in [-0.39, 0.29) is 11.7 Å². The number of ether oxygens (including phenoxy) is 1. The number of rotatable bonds is 7. The number of carbonyl (C=O) groups is 1. The van der Waals surface area contributed by atoms with Crippen LogP contribution in [0.5, 0.6) is 5.75 Å². The van der Waals surface area contributed by atoms with Crippen LogP contribution in [0.1, 0.15) is 31.2 Å². The van der Waals surface area contributed by atoms with Crippen molar-refractivity contribution in [3.05, 3.63) is 58.6 Å². The molecule has 2 aliphatic heterocycles. The van der Waals surface area contributed by atoms with Gasteiger partial charge in [0.2, 0.25) is 5.91 Å². The Morgan fingerprint density at radius 3 is 2.71 bits per heavy atom. The van der Waals surface area contributed by atoms with E-state index in [1.54, 1.807) is 17.7 Å². The number of anilines is 1. The number of amides is 1. The molecular formula is C27H34N4O4. The number of nitrogens with zero attached hydrogens (tertiary/aromatic N) is 3. The number of likely N-dealkylation sites (tertiary alicyclic amines) is 2. The van der Waals surface area contributed by atoms with Crippen molar-refractivity contribution in [2.24, 2.45) is 5.92 Å². The average molecular weight is 479 g/mol. The lowest BCUT2D eigenvalue weighted by atomic mass is 9.82. The van der Waals surface area contributed by atoms with Gasteiger partial charge in [0.25, 0.3) is 0 Å². The van der Waals surface area contributed by atoms with Crippen LogP contribution in [-0.2, 0) is 11.3 Å². The second-order valence-corrected chi connectivity index (χ2v) is 9.82. The first-order valence-electron chi connectivity index (χ1n) is 12.5. The molecular weight excluding hydrogens is 444 g/mol. The second-order valence-electron chi connectivity index (χ2n) is 9.82. The van der Waals surface area contributed by atoms with Crippen molar-refractivity contribution in [2.45, 2.75) is 38.3 Å². The highest BCUT2D eigenvalue weighted by atomic mass is 16.5. The number of piperidine rings is 1. The summed E-state index contributed by atoms with van der Waals surface area (Å²) in [5, 5.41) is 2.99. The lowest BCUT2D eigenvalue weighted by Crippen LogP contribution is -2.47. The van der Waals surface area contributed by atoms with Crippen molar-refractivity contribution in [2.75, 3.05) is 45.7 Å². The maximum absolute atomic E-state index is 12.9. The summed E-state index contributed by atoms with van der Waals surface area (Å²) < 4.78 is 12.3. The number of oxazole rings is 1. The van der Waals surface area contributed by atoms with Crippen LogP contribution in [0.4, 0.5) is 5.69 Å². The highest BCUT2D eigenvalue weighted by molar-refractivity contribution is 5.94. The third kappa shape index (κ3) is 4.73. The standard InChI is InChI=1S/C27H34N4O4/c1-4-12-31-24-10-7-19(14-25(24)35-27(31)33)28-26(32)17-30-13-11-23-22(16-30)21(15-29(23)2)18-5-8-20(34-3)9-6-18/h5-10,14,21-23H,4,11-13,15-17H2,1-3H3,(H,28,32)/t21-,22-,23-/m1/s1. The van der Waals surface area contributed by atoms with Gasteiger partial charge in [0.15, 0.2) is 5.58 Å². The molecule has 0 spiro atoms. The van der Waals surface area contributed by atoms with Crippen LogP contribution in [-0.4, -0.2) is 66.7 Å². The lowest BCUT2D eigenvalue weighted by Gasteiger charge is -2.38. The van der Waals surface area contributed by atoms with Crippen molar-refractivity contribution in [1.29, 1.82) is 0 Å². The molecule has 2 saturated heterocycles. The minimum Gasteiger partial charge on any atom is -0.497 e. The van der Waals surface area contributed by atoms with Gasteiger partial charge < -0.3 is 19.4 Å². The highest BCUT2D eigenvalue weighted by Crippen LogP contribution is 2.41. The number of carbonyl (C=O) groups excluding carboxylic acids is 1. The van der Waals surface area contributed by atoms with Crippen LogP contribution in [0.2, 0.25) is 0 Å². The third-order valence-electron chi connectivity index (χ3n) is 7.58. The highest BCUT2D eigenvalue weighted by Gasteiger charge is 2.43. The van der Waals surface area contributed by atoms with Gasteiger partial charge in [0.05, 0.1) is 19.2 Å². The molecule has 0 saturated carbocycles. The molecule has 0 aliphatic carbocycles. The smallest absolute Gasteiger partial charge is 0.419 e. The molecule has 1 aromatic heterocycles. The van der Waals surface area contributed by atoms with Crippen molar-refractivity contribution in [1.82, 2.24) is 14.4 Å². The Kier molecular flexibility index (Phi) is 6.67. The second kappa shape index (κ2) is 9.87. The Morgan fingerprint density at radius 2 is 1.97 bits per heavy atom. The Bertz CT molecular complexity index is 1250. The molecule has 2 aromatic carbocycles. The molecule has 3 aromatic rings.